The van der Waals surface area contributed by atoms with Gasteiger partial charge < -0.3 is 20.5 Å². The summed E-state index contributed by atoms with van der Waals surface area (Å²) in [4.78, 5) is 14.3. The van der Waals surface area contributed by atoms with Crippen LogP contribution in [0.4, 0.5) is 11.4 Å². The Balaban J connectivity index is 2.27. The van der Waals surface area contributed by atoms with Crippen molar-refractivity contribution in [3.8, 4) is 0 Å². The first-order valence-electron chi connectivity index (χ1n) is 7.58. The van der Waals surface area contributed by atoms with Crippen LogP contribution in [0.15, 0.2) is 18.2 Å². The molecular weight excluding hydrogens is 268 g/mol. The van der Waals surface area contributed by atoms with E-state index < -0.39 is 0 Å². The summed E-state index contributed by atoms with van der Waals surface area (Å²) in [5.41, 5.74) is 8.01. The zero-order chi connectivity index (χ0) is 15.2. The molecule has 0 aliphatic carbocycles. The zero-order valence-corrected chi connectivity index (χ0v) is 12.5. The molecule has 21 heavy (non-hydrogen) atoms. The van der Waals surface area contributed by atoms with Crippen molar-refractivity contribution in [3.63, 3.8) is 0 Å². The highest BCUT2D eigenvalue weighted by molar-refractivity contribution is 5.99. The Hall–Kier alpha value is -1.75. The average Bonchev–Trinajstić information content (AvgIpc) is 2.48. The fourth-order valence-corrected chi connectivity index (χ4v) is 2.97. The molecule has 0 amide bonds. The number of aliphatic hydroxyl groups is 1. The Morgan fingerprint density at radius 1 is 1.52 bits per heavy atom. The van der Waals surface area contributed by atoms with Crippen LogP contribution in [0.1, 0.15) is 36.5 Å². The van der Waals surface area contributed by atoms with Crippen molar-refractivity contribution in [2.24, 2.45) is 5.92 Å². The normalized spacial score (nSPS) is 18.6. The molecule has 0 spiro atoms. The number of ether oxygens (including phenoxy) is 1. The number of rotatable bonds is 5. The van der Waals surface area contributed by atoms with Crippen LogP contribution in [0.3, 0.4) is 0 Å². The van der Waals surface area contributed by atoms with Crippen molar-refractivity contribution < 1.29 is 14.6 Å². The van der Waals surface area contributed by atoms with E-state index in [1.165, 1.54) is 0 Å². The zero-order valence-electron chi connectivity index (χ0n) is 12.5. The summed E-state index contributed by atoms with van der Waals surface area (Å²) in [6.45, 7) is 4.04. The van der Waals surface area contributed by atoms with E-state index in [2.05, 4.69) is 4.90 Å². The molecule has 1 saturated heterocycles. The van der Waals surface area contributed by atoms with E-state index in [-0.39, 0.29) is 12.6 Å². The Labute approximate surface area is 125 Å². The number of nitrogens with two attached hydrogens (primary N) is 1. The number of carbonyl (C=O) groups excluding carboxylic acids is 1. The van der Waals surface area contributed by atoms with Crippen molar-refractivity contribution in [1.82, 2.24) is 0 Å². The van der Waals surface area contributed by atoms with Gasteiger partial charge in [-0.2, -0.15) is 0 Å². The molecule has 1 aromatic rings. The maximum Gasteiger partial charge on any atom is 0.340 e. The van der Waals surface area contributed by atoms with Gasteiger partial charge in [-0.15, -0.1) is 0 Å². The maximum absolute atomic E-state index is 12.1. The van der Waals surface area contributed by atoms with Crippen LogP contribution < -0.4 is 10.6 Å². The Kier molecular flexibility index (Phi) is 5.44. The van der Waals surface area contributed by atoms with E-state index in [0.29, 0.717) is 23.8 Å². The second kappa shape index (κ2) is 7.31. The Morgan fingerprint density at radius 3 is 3.05 bits per heavy atom. The summed E-state index contributed by atoms with van der Waals surface area (Å²) in [5, 5.41) is 9.13. The fourth-order valence-electron chi connectivity index (χ4n) is 2.97. The predicted octanol–water partition coefficient (Wildman–Crippen LogP) is 2.04. The molecule has 0 radical (unpaired) electrons. The highest BCUT2D eigenvalue weighted by atomic mass is 16.5. The number of carbonyl (C=O) groups is 1. The molecule has 0 saturated carbocycles. The van der Waals surface area contributed by atoms with Gasteiger partial charge in [-0.3, -0.25) is 0 Å². The number of anilines is 2. The van der Waals surface area contributed by atoms with Crippen LogP contribution in [0, 0.1) is 5.92 Å². The number of nitrogens with zero attached hydrogens (tertiary/aromatic N) is 1. The molecule has 1 heterocycles. The monoisotopic (exact) mass is 292 g/mol. The van der Waals surface area contributed by atoms with Gasteiger partial charge >= 0.3 is 5.97 Å². The molecule has 1 unspecified atom stereocenters. The molecule has 5 nitrogen and oxygen atoms in total. The number of hydrogen-bond acceptors (Lipinski definition) is 5. The van der Waals surface area contributed by atoms with E-state index in [1.54, 1.807) is 19.1 Å². The molecular formula is C16H24N2O3. The third-order valence-corrected chi connectivity index (χ3v) is 3.94. The number of hydrogen-bond donors (Lipinski definition) is 2. The molecule has 1 aliphatic heterocycles. The molecule has 5 heteroatoms. The summed E-state index contributed by atoms with van der Waals surface area (Å²) in [6, 6.07) is 5.35. The van der Waals surface area contributed by atoms with Gasteiger partial charge in [0.15, 0.2) is 0 Å². The summed E-state index contributed by atoms with van der Waals surface area (Å²) >= 11 is 0. The van der Waals surface area contributed by atoms with Gasteiger partial charge in [0, 0.05) is 19.7 Å². The van der Waals surface area contributed by atoms with E-state index in [1.807, 2.05) is 6.07 Å². The molecule has 1 aromatic carbocycles. The Morgan fingerprint density at radius 2 is 2.33 bits per heavy atom. The van der Waals surface area contributed by atoms with E-state index in [9.17, 15) is 4.79 Å². The van der Waals surface area contributed by atoms with Crippen LogP contribution >= 0.6 is 0 Å². The van der Waals surface area contributed by atoms with Gasteiger partial charge in [-0.25, -0.2) is 4.79 Å². The first kappa shape index (κ1) is 15.6. The van der Waals surface area contributed by atoms with Gasteiger partial charge in [-0.05, 0) is 44.2 Å². The van der Waals surface area contributed by atoms with E-state index >= 15 is 0 Å². The highest BCUT2D eigenvalue weighted by Gasteiger charge is 2.25. The predicted molar refractivity (Wildman–Crippen MR) is 83.5 cm³/mol. The van der Waals surface area contributed by atoms with Gasteiger partial charge in [0.2, 0.25) is 0 Å². The maximum atomic E-state index is 12.1. The summed E-state index contributed by atoms with van der Waals surface area (Å²) in [5.74, 6) is 0.113. The van der Waals surface area contributed by atoms with Crippen molar-refractivity contribution in [2.45, 2.75) is 26.2 Å². The second-order valence-electron chi connectivity index (χ2n) is 5.43. The minimum atomic E-state index is -0.330. The first-order chi connectivity index (χ1) is 10.2. The molecule has 0 aromatic heterocycles. The molecule has 3 N–H and O–H groups in total. The largest absolute Gasteiger partial charge is 0.462 e. The van der Waals surface area contributed by atoms with E-state index in [0.717, 1.165) is 38.0 Å². The SMILES string of the molecule is CCOC(=O)c1cccc(N)c1N1CCCC(CCO)C1. The lowest BCUT2D eigenvalue weighted by Crippen LogP contribution is -2.37. The van der Waals surface area contributed by atoms with Crippen LogP contribution in [0.2, 0.25) is 0 Å². The fraction of sp³-hybridized carbons (Fsp3) is 0.562. The van der Waals surface area contributed by atoms with Crippen molar-refractivity contribution in [1.29, 1.82) is 0 Å². The van der Waals surface area contributed by atoms with Crippen LogP contribution in [-0.4, -0.2) is 37.4 Å². The minimum absolute atomic E-state index is 0.202. The lowest BCUT2D eigenvalue weighted by atomic mass is 9.94. The molecule has 1 fully saturated rings. The molecule has 2 rings (SSSR count). The number of benzene rings is 1. The molecule has 1 aliphatic rings. The number of para-hydroxylation sites is 1. The van der Waals surface area contributed by atoms with Crippen LogP contribution in [0.5, 0.6) is 0 Å². The topological polar surface area (TPSA) is 75.8 Å². The third-order valence-electron chi connectivity index (χ3n) is 3.94. The third kappa shape index (κ3) is 3.67. The van der Waals surface area contributed by atoms with Crippen molar-refractivity contribution in [2.75, 3.05) is 36.9 Å². The summed E-state index contributed by atoms with van der Waals surface area (Å²) in [7, 11) is 0. The number of nitrogen functional groups attached to an aromatic ring is 1. The van der Waals surface area contributed by atoms with Gasteiger partial charge in [0.25, 0.3) is 0 Å². The van der Waals surface area contributed by atoms with Crippen molar-refractivity contribution >= 4 is 17.3 Å². The smallest absolute Gasteiger partial charge is 0.340 e. The van der Waals surface area contributed by atoms with Gasteiger partial charge in [0.05, 0.1) is 23.5 Å². The van der Waals surface area contributed by atoms with Crippen molar-refractivity contribution in [3.05, 3.63) is 23.8 Å². The second-order valence-corrected chi connectivity index (χ2v) is 5.43. The van der Waals surface area contributed by atoms with Gasteiger partial charge in [-0.1, -0.05) is 6.07 Å². The quantitative estimate of drug-likeness (QED) is 0.641. The van der Waals surface area contributed by atoms with Gasteiger partial charge in [0.1, 0.15) is 0 Å². The standard InChI is InChI=1S/C16H24N2O3/c1-2-21-16(20)13-6-3-7-14(17)15(13)18-9-4-5-12(11-18)8-10-19/h3,6-7,12,19H,2,4-5,8-11,17H2,1H3. The number of aliphatic hydroxyl groups excluding tert-OH is 1. The van der Waals surface area contributed by atoms with Crippen LogP contribution in [0.25, 0.3) is 0 Å². The molecule has 1 atom stereocenters. The summed E-state index contributed by atoms with van der Waals surface area (Å²) in [6.07, 6.45) is 2.94. The molecule has 116 valence electrons. The lowest BCUT2D eigenvalue weighted by molar-refractivity contribution is 0.0527. The van der Waals surface area contributed by atoms with Crippen LogP contribution in [-0.2, 0) is 4.74 Å². The highest BCUT2D eigenvalue weighted by Crippen LogP contribution is 2.32. The number of piperidine rings is 1. The summed E-state index contributed by atoms with van der Waals surface area (Å²) < 4.78 is 5.13. The lowest BCUT2D eigenvalue weighted by Gasteiger charge is -2.35. The number of esters is 1. The average molecular weight is 292 g/mol. The Bertz CT molecular complexity index is 488. The minimum Gasteiger partial charge on any atom is -0.462 e. The van der Waals surface area contributed by atoms with E-state index in [4.69, 9.17) is 15.6 Å². The molecule has 0 bridgehead atoms. The first-order valence-corrected chi connectivity index (χ1v) is 7.58.